The maximum atomic E-state index is 10.6. The molecule has 12 heavy (non-hydrogen) atoms. The van der Waals surface area contributed by atoms with Crippen LogP contribution in [0.1, 0.15) is 34.1 Å². The van der Waals surface area contributed by atoms with Crippen molar-refractivity contribution in [3.8, 4) is 0 Å². The van der Waals surface area contributed by atoms with Crippen molar-refractivity contribution in [2.75, 3.05) is 6.61 Å². The molecule has 0 aromatic heterocycles. The molecule has 0 amide bonds. The van der Waals surface area contributed by atoms with E-state index >= 15 is 0 Å². The first-order valence-electron chi connectivity index (χ1n) is 4.23. The lowest BCUT2D eigenvalue weighted by Gasteiger charge is -2.22. The molecule has 0 rings (SSSR count). The highest BCUT2D eigenvalue weighted by Gasteiger charge is 2.15. The first kappa shape index (κ1) is 12.6. The van der Waals surface area contributed by atoms with Gasteiger partial charge in [0.1, 0.15) is 0 Å². The molecule has 0 aliphatic carbocycles. The molecule has 0 heterocycles. The van der Waals surface area contributed by atoms with Gasteiger partial charge in [0.25, 0.3) is 0 Å². The Labute approximate surface area is 78.4 Å². The molecule has 0 fully saturated rings. The quantitative estimate of drug-likeness (QED) is 0.665. The third-order valence-electron chi connectivity index (χ3n) is 1.47. The Hall–Kier alpha value is 0.620. The van der Waals surface area contributed by atoms with Crippen molar-refractivity contribution >= 4 is 16.6 Å². The summed E-state index contributed by atoms with van der Waals surface area (Å²) in [5.41, 5.74) is 0.333. The van der Waals surface area contributed by atoms with Crippen molar-refractivity contribution in [1.82, 2.24) is 0 Å². The van der Waals surface area contributed by atoms with Crippen LogP contribution >= 0.6 is 16.6 Å². The fourth-order valence-corrected chi connectivity index (χ4v) is 2.07. The zero-order chi connectivity index (χ0) is 9.78. The van der Waals surface area contributed by atoms with E-state index in [9.17, 15) is 4.57 Å². The molecular weight excluding hydrogens is 190 g/mol. The SMILES string of the molecule is CC(CO[PH](=O)P)CC(C)(C)C. The monoisotopic (exact) mass is 210 g/mol. The minimum absolute atomic E-state index is 0.333. The van der Waals surface area contributed by atoms with E-state index in [2.05, 4.69) is 36.6 Å². The van der Waals surface area contributed by atoms with Crippen LogP contribution in [-0.2, 0) is 9.09 Å². The van der Waals surface area contributed by atoms with Gasteiger partial charge in [-0.1, -0.05) is 27.7 Å². The van der Waals surface area contributed by atoms with E-state index < -0.39 is 7.72 Å². The molecule has 0 bridgehead atoms. The third-order valence-corrected chi connectivity index (χ3v) is 2.42. The summed E-state index contributed by atoms with van der Waals surface area (Å²) in [5.74, 6) is 0.486. The van der Waals surface area contributed by atoms with E-state index in [1.807, 2.05) is 0 Å². The van der Waals surface area contributed by atoms with Gasteiger partial charge < -0.3 is 4.52 Å². The molecular formula is C8H20O2P2. The van der Waals surface area contributed by atoms with Crippen LogP contribution < -0.4 is 0 Å². The van der Waals surface area contributed by atoms with Gasteiger partial charge in [-0.2, -0.15) is 0 Å². The molecule has 0 aliphatic rings. The topological polar surface area (TPSA) is 26.3 Å². The standard InChI is InChI=1S/C8H20O2P2/c1-7(5-8(2,3)4)6-10-12(9)11/h7,12H,5-6,11H2,1-4H3. The summed E-state index contributed by atoms with van der Waals surface area (Å²) < 4.78 is 15.7. The average molecular weight is 210 g/mol. The van der Waals surface area contributed by atoms with Gasteiger partial charge in [0.2, 0.25) is 7.72 Å². The van der Waals surface area contributed by atoms with Gasteiger partial charge in [0.05, 0.1) is 6.61 Å². The first-order chi connectivity index (χ1) is 5.31. The first-order valence-corrected chi connectivity index (χ1v) is 7.36. The largest absolute Gasteiger partial charge is 0.328 e. The Morgan fingerprint density at radius 2 is 2.00 bits per heavy atom. The van der Waals surface area contributed by atoms with Crippen molar-refractivity contribution in [3.63, 3.8) is 0 Å². The fourth-order valence-electron chi connectivity index (χ4n) is 1.33. The Balaban J connectivity index is 3.60. The van der Waals surface area contributed by atoms with Gasteiger partial charge in [-0.25, -0.2) is 0 Å². The smallest absolute Gasteiger partial charge is 0.205 e. The molecule has 0 N–H and O–H groups in total. The molecule has 0 aromatic carbocycles. The summed E-state index contributed by atoms with van der Waals surface area (Å²) in [6, 6.07) is 0. The highest BCUT2D eigenvalue weighted by molar-refractivity contribution is 8.03. The van der Waals surface area contributed by atoms with Gasteiger partial charge >= 0.3 is 0 Å². The number of rotatable bonds is 4. The van der Waals surface area contributed by atoms with Crippen LogP contribution in [0.3, 0.4) is 0 Å². The lowest BCUT2D eigenvalue weighted by molar-refractivity contribution is 0.218. The van der Waals surface area contributed by atoms with Crippen molar-refractivity contribution < 1.29 is 9.09 Å². The second-order valence-corrected chi connectivity index (χ2v) is 6.84. The van der Waals surface area contributed by atoms with Crippen LogP contribution in [0.15, 0.2) is 0 Å². The molecule has 0 radical (unpaired) electrons. The maximum absolute atomic E-state index is 10.6. The van der Waals surface area contributed by atoms with Gasteiger partial charge in [0, 0.05) is 0 Å². The predicted molar refractivity (Wildman–Crippen MR) is 57.9 cm³/mol. The second-order valence-electron chi connectivity index (χ2n) is 4.50. The zero-order valence-corrected chi connectivity index (χ0v) is 10.5. The molecule has 0 aromatic rings. The zero-order valence-electron chi connectivity index (χ0n) is 8.39. The molecule has 3 atom stereocenters. The third kappa shape index (κ3) is 8.71. The van der Waals surface area contributed by atoms with Crippen LogP contribution in [0.5, 0.6) is 0 Å². The molecule has 3 unspecified atom stereocenters. The van der Waals surface area contributed by atoms with Crippen molar-refractivity contribution in [1.29, 1.82) is 0 Å². The van der Waals surface area contributed by atoms with E-state index in [-0.39, 0.29) is 0 Å². The molecule has 74 valence electrons. The Morgan fingerprint density at radius 3 is 2.33 bits per heavy atom. The lowest BCUT2D eigenvalue weighted by Crippen LogP contribution is -2.13. The van der Waals surface area contributed by atoms with Crippen LogP contribution in [0.2, 0.25) is 0 Å². The number of hydrogen-bond acceptors (Lipinski definition) is 2. The minimum atomic E-state index is -1.82. The molecule has 0 spiro atoms. The lowest BCUT2D eigenvalue weighted by atomic mass is 9.86. The van der Waals surface area contributed by atoms with Gasteiger partial charge in [-0.05, 0) is 26.7 Å². The van der Waals surface area contributed by atoms with Gasteiger partial charge in [-0.3, -0.25) is 4.57 Å². The van der Waals surface area contributed by atoms with Crippen LogP contribution in [-0.4, -0.2) is 6.61 Å². The Bertz CT molecular complexity index is 152. The van der Waals surface area contributed by atoms with Crippen LogP contribution in [0.25, 0.3) is 0 Å². The van der Waals surface area contributed by atoms with Crippen molar-refractivity contribution in [3.05, 3.63) is 0 Å². The predicted octanol–water partition coefficient (Wildman–Crippen LogP) is 3.34. The highest BCUT2D eigenvalue weighted by Crippen LogP contribution is 2.33. The summed E-state index contributed by atoms with van der Waals surface area (Å²) in [6.07, 6.45) is 1.10. The van der Waals surface area contributed by atoms with Crippen LogP contribution in [0, 0.1) is 11.3 Å². The summed E-state index contributed by atoms with van der Waals surface area (Å²) in [4.78, 5) is 0. The van der Waals surface area contributed by atoms with Crippen LogP contribution in [0.4, 0.5) is 0 Å². The molecule has 0 saturated heterocycles. The van der Waals surface area contributed by atoms with Gasteiger partial charge in [0.15, 0.2) is 0 Å². The van der Waals surface area contributed by atoms with E-state index in [0.717, 1.165) is 6.42 Å². The molecule has 4 heteroatoms. The average Bonchev–Trinajstić information content (AvgIpc) is 1.79. The van der Waals surface area contributed by atoms with Gasteiger partial charge in [-0.15, -0.1) is 0 Å². The maximum Gasteiger partial charge on any atom is 0.205 e. The van der Waals surface area contributed by atoms with Crippen molar-refractivity contribution in [2.45, 2.75) is 34.1 Å². The minimum Gasteiger partial charge on any atom is -0.328 e. The van der Waals surface area contributed by atoms with E-state index in [1.54, 1.807) is 0 Å². The summed E-state index contributed by atoms with van der Waals surface area (Å²) >= 11 is 0. The Morgan fingerprint density at radius 1 is 1.50 bits per heavy atom. The van der Waals surface area contributed by atoms with E-state index in [1.165, 1.54) is 0 Å². The molecule has 0 saturated carbocycles. The highest BCUT2D eigenvalue weighted by atomic mass is 32.0. The van der Waals surface area contributed by atoms with Crippen molar-refractivity contribution in [2.24, 2.45) is 11.3 Å². The normalized spacial score (nSPS) is 17.4. The Kier molecular flexibility index (Phi) is 5.65. The summed E-state index contributed by atoms with van der Waals surface area (Å²) in [7, 11) is 0.381. The number of hydrogen-bond donors (Lipinski definition) is 0. The summed E-state index contributed by atoms with van der Waals surface area (Å²) in [5, 5.41) is 0. The molecule has 0 aliphatic heterocycles. The molecule has 2 nitrogen and oxygen atoms in total. The fraction of sp³-hybridized carbons (Fsp3) is 1.00. The van der Waals surface area contributed by atoms with E-state index in [4.69, 9.17) is 4.52 Å². The second kappa shape index (κ2) is 5.37. The van der Waals surface area contributed by atoms with E-state index in [0.29, 0.717) is 17.9 Å². The summed E-state index contributed by atoms with van der Waals surface area (Å²) in [6.45, 7) is 9.34.